The van der Waals surface area contributed by atoms with Gasteiger partial charge in [-0.25, -0.2) is 9.98 Å². The molecule has 1 unspecified atom stereocenters. The number of fused-ring (bicyclic) bond motifs is 3. The molecule has 180 valence electrons. The number of nitrogens with one attached hydrogen (secondary N) is 1. The topological polar surface area (TPSA) is 121 Å². The summed E-state index contributed by atoms with van der Waals surface area (Å²) in [5.74, 6) is -0.0926. The van der Waals surface area contributed by atoms with Crippen molar-refractivity contribution in [2.75, 3.05) is 25.1 Å². The zero-order chi connectivity index (χ0) is 24.3. The molecule has 1 atom stereocenters. The van der Waals surface area contributed by atoms with E-state index >= 15 is 0 Å². The maximum Gasteiger partial charge on any atom is 0.391 e. The summed E-state index contributed by atoms with van der Waals surface area (Å²) < 4.78 is 48.1. The molecule has 0 radical (unpaired) electrons. The number of nitrogens with zero attached hydrogens (tertiary/aromatic N) is 3. The monoisotopic (exact) mass is 476 g/mol. The molecule has 12 heteroatoms. The Hall–Kier alpha value is -3.54. The summed E-state index contributed by atoms with van der Waals surface area (Å²) in [5, 5.41) is 2.79. The highest BCUT2D eigenvalue weighted by Crippen LogP contribution is 2.62. The van der Waals surface area contributed by atoms with Crippen molar-refractivity contribution in [2.45, 2.75) is 31.6 Å². The first-order valence-corrected chi connectivity index (χ1v) is 10.6. The molecule has 1 aromatic carbocycles. The van der Waals surface area contributed by atoms with Gasteiger partial charge in [-0.2, -0.15) is 13.3 Å². The number of hydrogen-bond donors (Lipinski definition) is 2. The van der Waals surface area contributed by atoms with Crippen molar-refractivity contribution in [2.24, 2.45) is 23.2 Å². The van der Waals surface area contributed by atoms with Gasteiger partial charge in [0.1, 0.15) is 36.7 Å². The summed E-state index contributed by atoms with van der Waals surface area (Å²) in [6.07, 6.45) is 2.36. The number of alkyl halides is 2. The lowest BCUT2D eigenvalue weighted by atomic mass is 9.55. The number of hydrogen-bond acceptors (Lipinski definition) is 8. The van der Waals surface area contributed by atoms with Gasteiger partial charge < -0.3 is 30.0 Å². The number of ether oxygens (including phenoxy) is 4. The van der Waals surface area contributed by atoms with Crippen molar-refractivity contribution in [3.05, 3.63) is 41.9 Å². The van der Waals surface area contributed by atoms with Crippen LogP contribution in [0.1, 0.15) is 29.9 Å². The van der Waals surface area contributed by atoms with E-state index in [1.165, 1.54) is 17.8 Å². The van der Waals surface area contributed by atoms with Crippen molar-refractivity contribution >= 4 is 17.6 Å². The van der Waals surface area contributed by atoms with Crippen LogP contribution in [0.15, 0.2) is 35.6 Å². The number of aryl methyl sites for hydroxylation is 1. The van der Waals surface area contributed by atoms with Crippen LogP contribution in [0.25, 0.3) is 0 Å². The summed E-state index contributed by atoms with van der Waals surface area (Å²) in [6, 6.07) is 5.33. The van der Waals surface area contributed by atoms with Crippen LogP contribution in [-0.4, -0.2) is 48.9 Å². The number of benzene rings is 1. The molecule has 10 nitrogen and oxygen atoms in total. The number of aromatic nitrogens is 2. The molecule has 3 aliphatic heterocycles. The van der Waals surface area contributed by atoms with Crippen LogP contribution < -0.4 is 25.1 Å². The van der Waals surface area contributed by atoms with Gasteiger partial charge in [-0.15, -0.1) is 0 Å². The molecule has 1 amide bonds. The van der Waals surface area contributed by atoms with Crippen LogP contribution >= 0.6 is 0 Å². The van der Waals surface area contributed by atoms with Crippen molar-refractivity contribution in [1.29, 1.82) is 0 Å². The molecule has 0 saturated carbocycles. The third-order valence-electron chi connectivity index (χ3n) is 6.84. The number of amidine groups is 1. The van der Waals surface area contributed by atoms with E-state index in [1.807, 2.05) is 13.8 Å². The van der Waals surface area contributed by atoms with E-state index in [2.05, 4.69) is 15.0 Å². The van der Waals surface area contributed by atoms with Crippen molar-refractivity contribution in [1.82, 2.24) is 4.98 Å². The molecule has 34 heavy (non-hydrogen) atoms. The number of aliphatic imine (C=N–C) groups is 1. The largest absolute Gasteiger partial charge is 0.487 e. The Labute approximate surface area is 193 Å². The number of nitrogens with two attached hydrogens (primary N) is 1. The minimum Gasteiger partial charge on any atom is -0.487 e. The number of halogens is 2. The molecule has 1 saturated heterocycles. The summed E-state index contributed by atoms with van der Waals surface area (Å²) in [4.78, 5) is 21.5. The Morgan fingerprint density at radius 1 is 1.29 bits per heavy atom. The molecule has 0 aliphatic carbocycles. The number of amides is 1. The number of carbonyl (C=O) groups is 1. The number of carbonyl (C=O) groups excluding carboxylic acids is 1. The second-order valence-electron chi connectivity index (χ2n) is 9.05. The molecule has 5 rings (SSSR count). The first-order valence-electron chi connectivity index (χ1n) is 10.6. The Morgan fingerprint density at radius 2 is 2.06 bits per heavy atom. The second kappa shape index (κ2) is 7.49. The molecule has 2 aromatic rings. The third-order valence-corrected chi connectivity index (χ3v) is 6.84. The highest BCUT2D eigenvalue weighted by molar-refractivity contribution is 6.02. The maximum atomic E-state index is 12.8. The van der Waals surface area contributed by atoms with Gasteiger partial charge in [0, 0.05) is 11.3 Å². The van der Waals surface area contributed by atoms with Gasteiger partial charge in [0.15, 0.2) is 5.69 Å². The van der Waals surface area contributed by atoms with Gasteiger partial charge in [-0.05, 0) is 32.0 Å². The molecule has 4 heterocycles. The summed E-state index contributed by atoms with van der Waals surface area (Å²) in [6.45, 7) is 2.05. The Morgan fingerprint density at radius 3 is 2.65 bits per heavy atom. The smallest absolute Gasteiger partial charge is 0.391 e. The van der Waals surface area contributed by atoms with Gasteiger partial charge in [-0.1, -0.05) is 0 Å². The normalized spacial score (nSPS) is 23.5. The van der Waals surface area contributed by atoms with E-state index in [0.717, 1.165) is 11.8 Å². The highest BCUT2D eigenvalue weighted by Gasteiger charge is 2.71. The average Bonchev–Trinajstić information content (AvgIpc) is 3.10. The fourth-order valence-electron chi connectivity index (χ4n) is 4.87. The van der Waals surface area contributed by atoms with E-state index in [9.17, 15) is 13.6 Å². The lowest BCUT2D eigenvalue weighted by molar-refractivity contribution is -0.679. The molecule has 1 fully saturated rings. The Balaban J connectivity index is 1.48. The van der Waals surface area contributed by atoms with E-state index in [-0.39, 0.29) is 24.2 Å². The van der Waals surface area contributed by atoms with Crippen molar-refractivity contribution in [3.63, 3.8) is 0 Å². The molecule has 3 aliphatic rings. The zero-order valence-electron chi connectivity index (χ0n) is 18.8. The molecule has 1 aromatic heterocycles. The predicted molar refractivity (Wildman–Crippen MR) is 114 cm³/mol. The molecule has 2 spiro atoms. The lowest BCUT2D eigenvalue weighted by Gasteiger charge is -2.61. The van der Waals surface area contributed by atoms with E-state index < -0.39 is 29.1 Å². The first kappa shape index (κ1) is 22.3. The molecular weight excluding hydrogens is 452 g/mol. The third kappa shape index (κ3) is 3.16. The minimum absolute atomic E-state index is 0.0178. The van der Waals surface area contributed by atoms with Crippen LogP contribution in [0.4, 0.5) is 14.5 Å². The van der Waals surface area contributed by atoms with Crippen molar-refractivity contribution in [3.8, 4) is 11.6 Å². The SMILES string of the molecule is C[n+]1cc(C(=O)Nc2ccc3c(c2)C2(COC(N)=N2)C2(COC2)C(C)(C)O3)ncc1OC(F)F. The quantitative estimate of drug-likeness (QED) is 0.642. The summed E-state index contributed by atoms with van der Waals surface area (Å²) in [7, 11) is 1.47. The summed E-state index contributed by atoms with van der Waals surface area (Å²) in [5.41, 5.74) is 5.21. The summed E-state index contributed by atoms with van der Waals surface area (Å²) >= 11 is 0. The van der Waals surface area contributed by atoms with Crippen LogP contribution in [0.2, 0.25) is 0 Å². The molecule has 0 bridgehead atoms. The van der Waals surface area contributed by atoms with Gasteiger partial charge in [0.25, 0.3) is 11.9 Å². The van der Waals surface area contributed by atoms with Crippen molar-refractivity contribution < 1.29 is 37.1 Å². The minimum atomic E-state index is -3.00. The van der Waals surface area contributed by atoms with Crippen LogP contribution in [-0.2, 0) is 22.1 Å². The Bertz CT molecular complexity index is 1200. The average molecular weight is 476 g/mol. The molecule has 3 N–H and O–H groups in total. The van der Waals surface area contributed by atoms with E-state index in [0.29, 0.717) is 24.7 Å². The fraction of sp³-hybridized carbons (Fsp3) is 0.455. The van der Waals surface area contributed by atoms with E-state index in [4.69, 9.17) is 24.9 Å². The van der Waals surface area contributed by atoms with Crippen LogP contribution in [0.5, 0.6) is 11.6 Å². The van der Waals surface area contributed by atoms with Gasteiger partial charge >= 0.3 is 12.5 Å². The lowest BCUT2D eigenvalue weighted by Crippen LogP contribution is -2.71. The maximum absolute atomic E-state index is 12.8. The fourth-order valence-corrected chi connectivity index (χ4v) is 4.87. The van der Waals surface area contributed by atoms with E-state index in [1.54, 1.807) is 18.2 Å². The van der Waals surface area contributed by atoms with Gasteiger partial charge in [-0.3, -0.25) is 4.79 Å². The molecular formula is C22H24F2N5O5+. The number of rotatable bonds is 4. The van der Waals surface area contributed by atoms with Gasteiger partial charge in [0.05, 0.1) is 18.6 Å². The first-order chi connectivity index (χ1) is 16.1. The standard InChI is InChI=1S/C22H23F2N5O5/c1-20(2)21(9-31-10-21)22(11-32-19(25)28-22)13-6-12(4-5-15(13)34-20)27-17(30)14-8-29(3)16(7-26-14)33-18(23)24/h4-8,18H,9-11H2,1-3H3,(H2-,25,27,28,30)/p+1. The highest BCUT2D eigenvalue weighted by atomic mass is 19.3. The Kier molecular flexibility index (Phi) is 4.90. The second-order valence-corrected chi connectivity index (χ2v) is 9.05. The predicted octanol–water partition coefficient (Wildman–Crippen LogP) is 1.49. The number of anilines is 1. The van der Waals surface area contributed by atoms with Crippen LogP contribution in [0, 0.1) is 5.41 Å². The van der Waals surface area contributed by atoms with Crippen LogP contribution in [0.3, 0.4) is 0 Å². The zero-order valence-corrected chi connectivity index (χ0v) is 18.8. The van der Waals surface area contributed by atoms with Gasteiger partial charge in [0.2, 0.25) is 6.20 Å².